The van der Waals surface area contributed by atoms with Gasteiger partial charge in [-0.15, -0.1) is 0 Å². The number of aromatic nitrogens is 1. The van der Waals surface area contributed by atoms with Crippen molar-refractivity contribution in [3.8, 4) is 5.75 Å². The molecule has 0 amide bonds. The van der Waals surface area contributed by atoms with Gasteiger partial charge in [0.05, 0.1) is 10.9 Å². The molecule has 0 aliphatic heterocycles. The van der Waals surface area contributed by atoms with Crippen LogP contribution in [0.4, 0.5) is 0 Å². The highest BCUT2D eigenvalue weighted by atomic mass is 16.5. The Morgan fingerprint density at radius 2 is 1.52 bits per heavy atom. The largest absolute Gasteiger partial charge is 0.488 e. The molecule has 0 spiro atoms. The molecule has 1 aromatic heterocycles. The second-order valence-electron chi connectivity index (χ2n) is 5.45. The van der Waals surface area contributed by atoms with Gasteiger partial charge in [0.15, 0.2) is 0 Å². The molecule has 0 fully saturated rings. The van der Waals surface area contributed by atoms with Crippen LogP contribution in [0.15, 0.2) is 77.6 Å². The van der Waals surface area contributed by atoms with E-state index in [1.807, 2.05) is 72.8 Å². The Morgan fingerprint density at radius 3 is 2.39 bits per heavy atom. The van der Waals surface area contributed by atoms with Crippen LogP contribution >= 0.6 is 0 Å². The van der Waals surface area contributed by atoms with Crippen LogP contribution in [-0.2, 0) is 6.61 Å². The van der Waals surface area contributed by atoms with E-state index >= 15 is 0 Å². The van der Waals surface area contributed by atoms with Gasteiger partial charge in [0.25, 0.3) is 0 Å². The minimum absolute atomic E-state index is 0.00184. The van der Waals surface area contributed by atoms with Crippen molar-refractivity contribution in [2.75, 3.05) is 0 Å². The molecular weight excluding hydrogens is 286 g/mol. The normalized spacial score (nSPS) is 11.0. The number of hydrogen-bond donors (Lipinski definition) is 1. The summed E-state index contributed by atoms with van der Waals surface area (Å²) in [5.41, 5.74) is 2.70. The number of aromatic amines is 1. The first kappa shape index (κ1) is 13.6. The van der Waals surface area contributed by atoms with Crippen LogP contribution in [0.2, 0.25) is 0 Å². The number of nitrogens with one attached hydrogen (secondary N) is 1. The molecule has 0 saturated carbocycles. The SMILES string of the molecule is O=c1c2ccccc2[nH]c2cccc(OCc3ccccc3)c12. The highest BCUT2D eigenvalue weighted by molar-refractivity contribution is 5.95. The van der Waals surface area contributed by atoms with E-state index in [1.165, 1.54) is 0 Å². The van der Waals surface area contributed by atoms with Crippen molar-refractivity contribution in [2.45, 2.75) is 6.61 Å². The van der Waals surface area contributed by atoms with Crippen LogP contribution in [0.1, 0.15) is 5.56 Å². The standard InChI is InChI=1S/C20H15NO2/c22-20-15-9-4-5-10-16(15)21-17-11-6-12-18(19(17)20)23-13-14-7-2-1-3-8-14/h1-12H,13H2,(H,21,22). The van der Waals surface area contributed by atoms with Gasteiger partial charge in [-0.05, 0) is 29.8 Å². The summed E-state index contributed by atoms with van der Waals surface area (Å²) >= 11 is 0. The van der Waals surface area contributed by atoms with E-state index in [1.54, 1.807) is 0 Å². The molecule has 4 rings (SSSR count). The molecule has 0 radical (unpaired) electrons. The van der Waals surface area contributed by atoms with E-state index in [2.05, 4.69) is 4.98 Å². The fourth-order valence-electron chi connectivity index (χ4n) is 2.79. The zero-order valence-electron chi connectivity index (χ0n) is 12.5. The zero-order valence-corrected chi connectivity index (χ0v) is 12.5. The van der Waals surface area contributed by atoms with Crippen LogP contribution in [0.5, 0.6) is 5.75 Å². The van der Waals surface area contributed by atoms with Crippen molar-refractivity contribution < 1.29 is 4.74 Å². The van der Waals surface area contributed by atoms with Crippen LogP contribution in [0, 0.1) is 0 Å². The summed E-state index contributed by atoms with van der Waals surface area (Å²) in [6.45, 7) is 0.437. The molecule has 0 unspecified atom stereocenters. The Labute approximate surface area is 133 Å². The van der Waals surface area contributed by atoms with Crippen LogP contribution < -0.4 is 10.2 Å². The highest BCUT2D eigenvalue weighted by Crippen LogP contribution is 2.24. The maximum Gasteiger partial charge on any atom is 0.200 e. The lowest BCUT2D eigenvalue weighted by Gasteiger charge is -2.10. The van der Waals surface area contributed by atoms with Crippen molar-refractivity contribution in [3.05, 3.63) is 88.6 Å². The molecule has 112 valence electrons. The molecule has 3 nitrogen and oxygen atoms in total. The molecule has 0 atom stereocenters. The van der Waals surface area contributed by atoms with E-state index in [0.29, 0.717) is 23.1 Å². The zero-order chi connectivity index (χ0) is 15.6. The number of hydrogen-bond acceptors (Lipinski definition) is 2. The van der Waals surface area contributed by atoms with Crippen molar-refractivity contribution >= 4 is 21.8 Å². The average molecular weight is 301 g/mol. The monoisotopic (exact) mass is 301 g/mol. The van der Waals surface area contributed by atoms with Gasteiger partial charge in [-0.2, -0.15) is 0 Å². The topological polar surface area (TPSA) is 42.1 Å². The Bertz CT molecular complexity index is 1040. The van der Waals surface area contributed by atoms with Gasteiger partial charge in [-0.25, -0.2) is 0 Å². The van der Waals surface area contributed by atoms with E-state index in [0.717, 1.165) is 16.6 Å². The minimum Gasteiger partial charge on any atom is -0.488 e. The van der Waals surface area contributed by atoms with Gasteiger partial charge in [-0.1, -0.05) is 48.5 Å². The molecule has 0 aliphatic rings. The molecule has 3 heteroatoms. The number of fused-ring (bicyclic) bond motifs is 2. The molecule has 4 aromatic rings. The van der Waals surface area contributed by atoms with Crippen LogP contribution in [-0.4, -0.2) is 4.98 Å². The second-order valence-corrected chi connectivity index (χ2v) is 5.45. The van der Waals surface area contributed by atoms with Crippen molar-refractivity contribution in [2.24, 2.45) is 0 Å². The van der Waals surface area contributed by atoms with Gasteiger partial charge in [-0.3, -0.25) is 4.79 Å². The lowest BCUT2D eigenvalue weighted by Crippen LogP contribution is -2.07. The molecule has 0 aliphatic carbocycles. The first-order valence-corrected chi connectivity index (χ1v) is 7.53. The predicted molar refractivity (Wildman–Crippen MR) is 92.8 cm³/mol. The van der Waals surface area contributed by atoms with Gasteiger partial charge in [0, 0.05) is 10.9 Å². The molecule has 3 aromatic carbocycles. The second kappa shape index (κ2) is 5.61. The lowest BCUT2D eigenvalue weighted by atomic mass is 10.1. The van der Waals surface area contributed by atoms with Crippen molar-refractivity contribution in [1.82, 2.24) is 4.98 Å². The smallest absolute Gasteiger partial charge is 0.200 e. The van der Waals surface area contributed by atoms with Gasteiger partial charge >= 0.3 is 0 Å². The summed E-state index contributed by atoms with van der Waals surface area (Å²) in [4.78, 5) is 16.1. The third-order valence-corrected chi connectivity index (χ3v) is 3.93. The fourth-order valence-corrected chi connectivity index (χ4v) is 2.79. The maximum atomic E-state index is 12.8. The van der Waals surface area contributed by atoms with Gasteiger partial charge < -0.3 is 9.72 Å². The summed E-state index contributed by atoms with van der Waals surface area (Å²) in [5.74, 6) is 0.610. The molecule has 0 bridgehead atoms. The van der Waals surface area contributed by atoms with Crippen molar-refractivity contribution in [1.29, 1.82) is 0 Å². The van der Waals surface area contributed by atoms with E-state index in [9.17, 15) is 4.79 Å². The Hall–Kier alpha value is -3.07. The first-order chi connectivity index (χ1) is 11.3. The van der Waals surface area contributed by atoms with E-state index in [-0.39, 0.29) is 5.43 Å². The molecule has 23 heavy (non-hydrogen) atoms. The number of para-hydroxylation sites is 1. The summed E-state index contributed by atoms with van der Waals surface area (Å²) in [5, 5.41) is 1.28. The molecule has 0 saturated heterocycles. The predicted octanol–water partition coefficient (Wildman–Crippen LogP) is 4.26. The minimum atomic E-state index is -0.00184. The molecule has 1 N–H and O–H groups in total. The van der Waals surface area contributed by atoms with Crippen molar-refractivity contribution in [3.63, 3.8) is 0 Å². The number of pyridine rings is 1. The number of ether oxygens (including phenoxy) is 1. The number of benzene rings is 3. The van der Waals surface area contributed by atoms with Gasteiger partial charge in [0.2, 0.25) is 5.43 Å². The lowest BCUT2D eigenvalue weighted by molar-refractivity contribution is 0.310. The summed E-state index contributed by atoms with van der Waals surface area (Å²) in [6, 6.07) is 23.1. The Balaban J connectivity index is 1.84. The summed E-state index contributed by atoms with van der Waals surface area (Å²) in [7, 11) is 0. The van der Waals surface area contributed by atoms with E-state index in [4.69, 9.17) is 4.74 Å². The Morgan fingerprint density at radius 1 is 0.783 bits per heavy atom. The van der Waals surface area contributed by atoms with Crippen LogP contribution in [0.25, 0.3) is 21.8 Å². The molecule has 1 heterocycles. The fraction of sp³-hybridized carbons (Fsp3) is 0.0500. The number of rotatable bonds is 3. The summed E-state index contributed by atoms with van der Waals surface area (Å²) in [6.07, 6.45) is 0. The first-order valence-electron chi connectivity index (χ1n) is 7.53. The highest BCUT2D eigenvalue weighted by Gasteiger charge is 2.10. The van der Waals surface area contributed by atoms with Crippen LogP contribution in [0.3, 0.4) is 0 Å². The quantitative estimate of drug-likeness (QED) is 0.574. The average Bonchev–Trinajstić information content (AvgIpc) is 2.61. The Kier molecular flexibility index (Phi) is 3.31. The maximum absolute atomic E-state index is 12.8. The third kappa shape index (κ3) is 2.46. The van der Waals surface area contributed by atoms with E-state index < -0.39 is 0 Å². The van der Waals surface area contributed by atoms with Gasteiger partial charge in [0.1, 0.15) is 12.4 Å². The third-order valence-electron chi connectivity index (χ3n) is 3.93. The number of H-pyrrole nitrogens is 1. The summed E-state index contributed by atoms with van der Waals surface area (Å²) < 4.78 is 5.92. The molecular formula is C20H15NO2.